The number of halogens is 1. The van der Waals surface area contributed by atoms with Gasteiger partial charge >= 0.3 is 0 Å². The van der Waals surface area contributed by atoms with Crippen LogP contribution >= 0.6 is 0 Å². The minimum Gasteiger partial charge on any atom is -0.507 e. The minimum atomic E-state index is -0.403. The molecule has 5 nitrogen and oxygen atoms in total. The Bertz CT molecular complexity index is 916. The van der Waals surface area contributed by atoms with Crippen LogP contribution in [0.1, 0.15) is 0 Å². The van der Waals surface area contributed by atoms with Crippen molar-refractivity contribution in [3.8, 4) is 28.3 Å². The number of aromatic nitrogens is 2. The van der Waals surface area contributed by atoms with Crippen molar-refractivity contribution in [1.29, 1.82) is 0 Å². The first-order valence-corrected chi connectivity index (χ1v) is 8.69. The molecule has 2 N–H and O–H groups in total. The molecular weight excluding hydrogens is 331 g/mol. The highest BCUT2D eigenvalue weighted by Crippen LogP contribution is 2.34. The van der Waals surface area contributed by atoms with E-state index in [0.29, 0.717) is 11.3 Å². The Balaban J connectivity index is 1.69. The number of rotatable bonds is 3. The second-order valence-electron chi connectivity index (χ2n) is 6.64. The summed E-state index contributed by atoms with van der Waals surface area (Å²) in [5.74, 6) is -0.392. The molecule has 3 aromatic rings. The fourth-order valence-electron chi connectivity index (χ4n) is 3.34. The van der Waals surface area contributed by atoms with Gasteiger partial charge in [0.2, 0.25) is 0 Å². The summed E-state index contributed by atoms with van der Waals surface area (Å²) in [6.07, 6.45) is 0. The second kappa shape index (κ2) is 6.80. The lowest BCUT2D eigenvalue weighted by atomic mass is 10.1. The number of aromatic amines is 1. The Labute approximate surface area is 151 Å². The fraction of sp³-hybridized carbons (Fsp3) is 0.250. The Morgan fingerprint density at radius 3 is 2.58 bits per heavy atom. The molecule has 1 saturated heterocycles. The third-order valence-corrected chi connectivity index (χ3v) is 4.85. The van der Waals surface area contributed by atoms with Crippen LogP contribution in [0.3, 0.4) is 0 Å². The zero-order valence-corrected chi connectivity index (χ0v) is 14.6. The summed E-state index contributed by atoms with van der Waals surface area (Å²) < 4.78 is 13.5. The molecule has 0 bridgehead atoms. The van der Waals surface area contributed by atoms with Crippen LogP contribution < -0.4 is 4.90 Å². The minimum absolute atomic E-state index is 0.0109. The third-order valence-electron chi connectivity index (χ3n) is 4.85. The summed E-state index contributed by atoms with van der Waals surface area (Å²) in [7, 11) is 2.13. The van der Waals surface area contributed by atoms with E-state index in [4.69, 9.17) is 0 Å². The van der Waals surface area contributed by atoms with Gasteiger partial charge in [0.25, 0.3) is 0 Å². The molecule has 0 saturated carbocycles. The van der Waals surface area contributed by atoms with Crippen molar-refractivity contribution < 1.29 is 9.50 Å². The Kier molecular flexibility index (Phi) is 4.34. The van der Waals surface area contributed by atoms with Gasteiger partial charge in [0.1, 0.15) is 11.6 Å². The summed E-state index contributed by atoms with van der Waals surface area (Å²) in [4.78, 5) is 4.69. The number of nitrogens with one attached hydrogen (secondary N) is 1. The molecule has 1 aliphatic heterocycles. The maximum absolute atomic E-state index is 13.5. The lowest BCUT2D eigenvalue weighted by Crippen LogP contribution is -2.44. The normalized spacial score (nSPS) is 15.4. The topological polar surface area (TPSA) is 55.4 Å². The summed E-state index contributed by atoms with van der Waals surface area (Å²) >= 11 is 0. The first-order chi connectivity index (χ1) is 12.6. The van der Waals surface area contributed by atoms with E-state index in [2.05, 4.69) is 39.2 Å². The van der Waals surface area contributed by atoms with Crippen LogP contribution in [0.5, 0.6) is 5.75 Å². The van der Waals surface area contributed by atoms with Gasteiger partial charge in [-0.15, -0.1) is 0 Å². The van der Waals surface area contributed by atoms with Crippen molar-refractivity contribution in [1.82, 2.24) is 15.1 Å². The molecule has 0 atom stereocenters. The highest BCUT2D eigenvalue weighted by Gasteiger charge is 2.19. The van der Waals surface area contributed by atoms with Crippen molar-refractivity contribution in [2.75, 3.05) is 38.1 Å². The average molecular weight is 352 g/mol. The van der Waals surface area contributed by atoms with Gasteiger partial charge in [0, 0.05) is 43.0 Å². The van der Waals surface area contributed by atoms with Gasteiger partial charge < -0.3 is 14.9 Å². The SMILES string of the molecule is CN1CCN(c2ccccc2-c2cc(-c3cc(F)ccc3O)n[nH]2)CC1. The van der Waals surface area contributed by atoms with Crippen LogP contribution in [0.25, 0.3) is 22.5 Å². The van der Waals surface area contributed by atoms with E-state index in [0.717, 1.165) is 43.1 Å². The van der Waals surface area contributed by atoms with Gasteiger partial charge in [-0.2, -0.15) is 5.10 Å². The number of nitrogens with zero attached hydrogens (tertiary/aromatic N) is 3. The first kappa shape index (κ1) is 16.6. The molecule has 1 fully saturated rings. The van der Waals surface area contributed by atoms with Crippen molar-refractivity contribution >= 4 is 5.69 Å². The predicted octanol–water partition coefficient (Wildman–Crippen LogP) is 3.34. The van der Waals surface area contributed by atoms with E-state index in [1.807, 2.05) is 18.2 Å². The smallest absolute Gasteiger partial charge is 0.125 e. The number of phenols is 1. The molecule has 0 aliphatic carbocycles. The molecule has 26 heavy (non-hydrogen) atoms. The van der Waals surface area contributed by atoms with Crippen LogP contribution in [0, 0.1) is 5.82 Å². The van der Waals surface area contributed by atoms with Crippen LogP contribution in [-0.4, -0.2) is 53.4 Å². The number of aromatic hydroxyl groups is 1. The summed E-state index contributed by atoms with van der Waals surface area (Å²) in [6.45, 7) is 4.00. The second-order valence-corrected chi connectivity index (χ2v) is 6.64. The molecule has 1 aliphatic rings. The van der Waals surface area contributed by atoms with Gasteiger partial charge in [-0.05, 0) is 37.4 Å². The largest absolute Gasteiger partial charge is 0.507 e. The standard InChI is InChI=1S/C20H21FN4O/c1-24-8-10-25(11-9-24)19-5-3-2-4-15(19)17-13-18(23-22-17)16-12-14(21)6-7-20(16)26/h2-7,12-13,26H,8-11H2,1H3,(H,22,23). The highest BCUT2D eigenvalue weighted by molar-refractivity contribution is 5.79. The molecule has 0 radical (unpaired) electrons. The number of likely N-dealkylation sites (N-methyl/N-ethyl adjacent to an activating group) is 1. The van der Waals surface area contributed by atoms with E-state index in [1.165, 1.54) is 18.2 Å². The number of para-hydroxylation sites is 1. The number of hydrogen-bond donors (Lipinski definition) is 2. The number of anilines is 1. The van der Waals surface area contributed by atoms with Crippen molar-refractivity contribution in [3.63, 3.8) is 0 Å². The molecule has 4 rings (SSSR count). The molecule has 6 heteroatoms. The molecule has 0 unspecified atom stereocenters. The molecule has 0 amide bonds. The average Bonchev–Trinajstić information content (AvgIpc) is 3.14. The zero-order chi connectivity index (χ0) is 18.1. The molecule has 2 heterocycles. The van der Waals surface area contributed by atoms with Gasteiger partial charge in [-0.25, -0.2) is 4.39 Å². The van der Waals surface area contributed by atoms with Gasteiger partial charge in [0.15, 0.2) is 0 Å². The molecule has 0 spiro atoms. The Morgan fingerprint density at radius 1 is 1.00 bits per heavy atom. The Morgan fingerprint density at radius 2 is 1.77 bits per heavy atom. The molecule has 134 valence electrons. The van der Waals surface area contributed by atoms with Gasteiger partial charge in [-0.1, -0.05) is 18.2 Å². The number of hydrogen-bond acceptors (Lipinski definition) is 4. The van der Waals surface area contributed by atoms with Crippen LogP contribution in [-0.2, 0) is 0 Å². The van der Waals surface area contributed by atoms with Crippen LogP contribution in [0.4, 0.5) is 10.1 Å². The summed E-state index contributed by atoms with van der Waals surface area (Å²) in [5.41, 5.74) is 3.94. The van der Waals surface area contributed by atoms with Crippen LogP contribution in [0.15, 0.2) is 48.5 Å². The summed E-state index contributed by atoms with van der Waals surface area (Å²) in [5, 5.41) is 17.3. The van der Waals surface area contributed by atoms with E-state index in [1.54, 1.807) is 0 Å². The van der Waals surface area contributed by atoms with Crippen molar-refractivity contribution in [3.05, 3.63) is 54.3 Å². The number of H-pyrrole nitrogens is 1. The molecular formula is C20H21FN4O. The molecule has 2 aromatic carbocycles. The van der Waals surface area contributed by atoms with E-state index in [9.17, 15) is 9.50 Å². The van der Waals surface area contributed by atoms with E-state index < -0.39 is 5.82 Å². The number of phenolic OH excluding ortho intramolecular Hbond substituents is 1. The van der Waals surface area contributed by atoms with E-state index in [-0.39, 0.29) is 5.75 Å². The number of benzene rings is 2. The summed E-state index contributed by atoms with van der Waals surface area (Å²) in [6, 6.07) is 13.9. The maximum atomic E-state index is 13.5. The fourth-order valence-corrected chi connectivity index (χ4v) is 3.34. The lowest BCUT2D eigenvalue weighted by molar-refractivity contribution is 0.313. The quantitative estimate of drug-likeness (QED) is 0.759. The van der Waals surface area contributed by atoms with Crippen molar-refractivity contribution in [2.24, 2.45) is 0 Å². The van der Waals surface area contributed by atoms with Crippen molar-refractivity contribution in [2.45, 2.75) is 0 Å². The first-order valence-electron chi connectivity index (χ1n) is 8.69. The van der Waals surface area contributed by atoms with Crippen LogP contribution in [0.2, 0.25) is 0 Å². The maximum Gasteiger partial charge on any atom is 0.125 e. The van der Waals surface area contributed by atoms with Gasteiger partial charge in [0.05, 0.1) is 11.4 Å². The predicted molar refractivity (Wildman–Crippen MR) is 101 cm³/mol. The van der Waals surface area contributed by atoms with E-state index >= 15 is 0 Å². The van der Waals surface area contributed by atoms with Gasteiger partial charge in [-0.3, -0.25) is 5.10 Å². The molecule has 1 aromatic heterocycles. The zero-order valence-electron chi connectivity index (χ0n) is 14.6. The number of piperazine rings is 1. The highest BCUT2D eigenvalue weighted by atomic mass is 19.1. The monoisotopic (exact) mass is 352 g/mol. The third kappa shape index (κ3) is 3.15. The Hall–Kier alpha value is -2.86. The lowest BCUT2D eigenvalue weighted by Gasteiger charge is -2.35.